The minimum atomic E-state index is -0.0551. The van der Waals surface area contributed by atoms with Gasteiger partial charge in [-0.15, -0.1) is 0 Å². The molecule has 4 aliphatic rings. The van der Waals surface area contributed by atoms with E-state index in [9.17, 15) is 0 Å². The molecule has 1 aliphatic carbocycles. The largest absolute Gasteiger partial charge is 0.456 e. The van der Waals surface area contributed by atoms with E-state index in [-0.39, 0.29) is 28.5 Å². The predicted octanol–water partition coefficient (Wildman–Crippen LogP) is 14.3. The highest BCUT2D eigenvalue weighted by atomic mass is 16.3. The molecule has 1 aromatic heterocycles. The summed E-state index contributed by atoms with van der Waals surface area (Å²) in [5.74, 6) is 0. The molecule has 64 heavy (non-hydrogen) atoms. The van der Waals surface area contributed by atoms with Crippen molar-refractivity contribution in [3.8, 4) is 0 Å². The van der Waals surface area contributed by atoms with Crippen molar-refractivity contribution in [1.29, 1.82) is 0 Å². The molecule has 1 saturated carbocycles. The fourth-order valence-corrected chi connectivity index (χ4v) is 12.3. The molecule has 4 heterocycles. The van der Waals surface area contributed by atoms with Crippen LogP contribution in [0.1, 0.15) is 103 Å². The van der Waals surface area contributed by atoms with Gasteiger partial charge in [0.05, 0.1) is 5.54 Å². The molecule has 2 unspecified atom stereocenters. The van der Waals surface area contributed by atoms with Crippen LogP contribution < -0.4 is 31.1 Å². The maximum atomic E-state index is 6.64. The predicted molar refractivity (Wildman–Crippen MR) is 273 cm³/mol. The molecule has 8 aromatic rings. The van der Waals surface area contributed by atoms with Gasteiger partial charge in [-0.2, -0.15) is 0 Å². The standard InChI is InChI=1S/C59H58BN3O/c1-37-31-51-55-52(32-37)62(41-24-26-44-43-19-10-13-22-53(43)64-54(44)36-41)50-35-42(63-48-21-12-11-20-45(48)58(8)29-14-15-30-59(58,63)9)25-28-47(50)60(55)46-27-23-39(57(5,6)7)34-49(46)61(51)40-18-16-17-38(33-40)56(2,3)4/h10-13,16-28,31-36H,14-15,29-30H2,1-9H3. The van der Waals surface area contributed by atoms with Gasteiger partial charge < -0.3 is 19.1 Å². The maximum absolute atomic E-state index is 6.64. The summed E-state index contributed by atoms with van der Waals surface area (Å²) in [6.07, 6.45) is 4.87. The highest BCUT2D eigenvalue weighted by molar-refractivity contribution is 7.00. The fraction of sp³-hybridized carbons (Fsp3) is 0.288. The van der Waals surface area contributed by atoms with Gasteiger partial charge in [0, 0.05) is 67.8 Å². The Morgan fingerprint density at radius 1 is 0.516 bits per heavy atom. The minimum Gasteiger partial charge on any atom is -0.456 e. The van der Waals surface area contributed by atoms with Crippen molar-refractivity contribution in [3.05, 3.63) is 162 Å². The zero-order valence-electron chi connectivity index (χ0n) is 38.9. The Labute approximate surface area is 379 Å². The third-order valence-corrected chi connectivity index (χ3v) is 15.9. The molecule has 0 saturated heterocycles. The Hall–Kier alpha value is -6.20. The van der Waals surface area contributed by atoms with Gasteiger partial charge in [0.2, 0.25) is 0 Å². The first-order chi connectivity index (χ1) is 30.6. The minimum absolute atomic E-state index is 0.00117. The lowest BCUT2D eigenvalue weighted by atomic mass is 9.33. The number of para-hydroxylation sites is 2. The van der Waals surface area contributed by atoms with Crippen LogP contribution in [-0.2, 0) is 16.2 Å². The number of aryl methyl sites for hydroxylation is 1. The molecule has 0 spiro atoms. The van der Waals surface area contributed by atoms with E-state index in [1.54, 1.807) is 0 Å². The van der Waals surface area contributed by atoms with E-state index in [0.29, 0.717) is 0 Å². The van der Waals surface area contributed by atoms with Crippen LogP contribution in [0.15, 0.2) is 144 Å². The van der Waals surface area contributed by atoms with Gasteiger partial charge in [-0.05, 0) is 143 Å². The molecule has 2 atom stereocenters. The van der Waals surface area contributed by atoms with E-state index in [1.165, 1.54) is 97.7 Å². The number of anilines is 8. The SMILES string of the molecule is Cc1cc2c3c(c1)N(c1cccc(C(C)(C)C)c1)c1cc(C(C)(C)C)ccc1B3c1ccc(N3c4ccccc4C4(C)CCCCC34C)cc1N2c1ccc2c(c1)oc1ccccc12. The molecule has 318 valence electrons. The molecule has 0 bridgehead atoms. The number of fused-ring (bicyclic) bond motifs is 10. The Bertz CT molecular complexity index is 3240. The highest BCUT2D eigenvalue weighted by Gasteiger charge is 2.57. The van der Waals surface area contributed by atoms with Gasteiger partial charge in [-0.1, -0.05) is 128 Å². The van der Waals surface area contributed by atoms with Gasteiger partial charge in [0.1, 0.15) is 11.2 Å². The third kappa shape index (κ3) is 5.49. The summed E-state index contributed by atoms with van der Waals surface area (Å²) in [6.45, 7) is 21.3. The Kier molecular flexibility index (Phi) is 8.26. The third-order valence-electron chi connectivity index (χ3n) is 15.9. The summed E-state index contributed by atoms with van der Waals surface area (Å²) >= 11 is 0. The van der Waals surface area contributed by atoms with Gasteiger partial charge in [-0.3, -0.25) is 0 Å². The Morgan fingerprint density at radius 3 is 1.91 bits per heavy atom. The smallest absolute Gasteiger partial charge is 0.252 e. The molecular formula is C59H58BN3O. The van der Waals surface area contributed by atoms with Gasteiger partial charge in [0.25, 0.3) is 6.71 Å². The van der Waals surface area contributed by atoms with Crippen molar-refractivity contribution in [3.63, 3.8) is 0 Å². The second-order valence-corrected chi connectivity index (χ2v) is 21.8. The van der Waals surface area contributed by atoms with E-state index in [0.717, 1.165) is 34.0 Å². The van der Waals surface area contributed by atoms with E-state index >= 15 is 0 Å². The number of rotatable bonds is 3. The number of nitrogens with zero attached hydrogens (tertiary/aromatic N) is 3. The van der Waals surface area contributed by atoms with E-state index in [2.05, 4.69) is 217 Å². The summed E-state index contributed by atoms with van der Waals surface area (Å²) in [4.78, 5) is 7.87. The van der Waals surface area contributed by atoms with Crippen LogP contribution in [0.3, 0.4) is 0 Å². The number of benzene rings is 7. The van der Waals surface area contributed by atoms with E-state index in [4.69, 9.17) is 4.42 Å². The van der Waals surface area contributed by atoms with Crippen LogP contribution in [0.5, 0.6) is 0 Å². The molecule has 0 radical (unpaired) electrons. The molecular weight excluding hydrogens is 777 g/mol. The quantitative estimate of drug-likeness (QED) is 0.165. The molecule has 1 fully saturated rings. The van der Waals surface area contributed by atoms with Crippen molar-refractivity contribution in [1.82, 2.24) is 0 Å². The van der Waals surface area contributed by atoms with Crippen molar-refractivity contribution < 1.29 is 4.42 Å². The summed E-state index contributed by atoms with van der Waals surface area (Å²) in [5, 5.41) is 2.29. The van der Waals surface area contributed by atoms with Crippen LogP contribution in [0, 0.1) is 6.92 Å². The summed E-state index contributed by atoms with van der Waals surface area (Å²) in [5.41, 5.74) is 21.0. The van der Waals surface area contributed by atoms with E-state index in [1.807, 2.05) is 0 Å². The molecule has 7 aromatic carbocycles. The van der Waals surface area contributed by atoms with Crippen LogP contribution in [-0.4, -0.2) is 12.3 Å². The Morgan fingerprint density at radius 2 is 1.14 bits per heavy atom. The van der Waals surface area contributed by atoms with Gasteiger partial charge >= 0.3 is 0 Å². The topological polar surface area (TPSA) is 22.9 Å². The van der Waals surface area contributed by atoms with Crippen molar-refractivity contribution in [2.45, 2.75) is 110 Å². The molecule has 5 heteroatoms. The van der Waals surface area contributed by atoms with Crippen LogP contribution in [0.25, 0.3) is 21.9 Å². The summed E-state index contributed by atoms with van der Waals surface area (Å²) in [7, 11) is 0. The number of hydrogen-bond donors (Lipinski definition) is 0. The lowest BCUT2D eigenvalue weighted by Crippen LogP contribution is -2.61. The highest BCUT2D eigenvalue weighted by Crippen LogP contribution is 2.61. The van der Waals surface area contributed by atoms with Crippen LogP contribution in [0.4, 0.5) is 45.5 Å². The maximum Gasteiger partial charge on any atom is 0.252 e. The first kappa shape index (κ1) is 39.4. The lowest BCUT2D eigenvalue weighted by molar-refractivity contribution is 0.195. The zero-order valence-corrected chi connectivity index (χ0v) is 38.9. The van der Waals surface area contributed by atoms with Crippen LogP contribution >= 0.6 is 0 Å². The summed E-state index contributed by atoms with van der Waals surface area (Å²) < 4.78 is 6.64. The van der Waals surface area contributed by atoms with Gasteiger partial charge in [0.15, 0.2) is 0 Å². The average Bonchev–Trinajstić information content (AvgIpc) is 3.74. The number of furan rings is 1. The molecule has 3 aliphatic heterocycles. The molecule has 0 amide bonds. The molecule has 4 nitrogen and oxygen atoms in total. The van der Waals surface area contributed by atoms with E-state index < -0.39 is 0 Å². The van der Waals surface area contributed by atoms with Crippen molar-refractivity contribution in [2.75, 3.05) is 14.7 Å². The second-order valence-electron chi connectivity index (χ2n) is 21.8. The first-order valence-corrected chi connectivity index (χ1v) is 23.6. The van der Waals surface area contributed by atoms with Crippen LogP contribution in [0.2, 0.25) is 0 Å². The first-order valence-electron chi connectivity index (χ1n) is 23.6. The van der Waals surface area contributed by atoms with Crippen molar-refractivity contribution >= 4 is 90.5 Å². The van der Waals surface area contributed by atoms with Crippen molar-refractivity contribution in [2.24, 2.45) is 0 Å². The molecule has 0 N–H and O–H groups in total. The molecule has 12 rings (SSSR count). The Balaban J connectivity index is 1.15. The zero-order chi connectivity index (χ0) is 44.1. The lowest BCUT2D eigenvalue weighted by Gasteiger charge is -2.50. The van der Waals surface area contributed by atoms with Gasteiger partial charge in [-0.25, -0.2) is 0 Å². The monoisotopic (exact) mass is 835 g/mol. The summed E-state index contributed by atoms with van der Waals surface area (Å²) in [6, 6.07) is 53.5. The second kappa shape index (κ2) is 13.4. The average molecular weight is 836 g/mol. The fourth-order valence-electron chi connectivity index (χ4n) is 12.3. The normalized spacial score (nSPS) is 20.0. The number of hydrogen-bond acceptors (Lipinski definition) is 4.